The van der Waals surface area contributed by atoms with Crippen LogP contribution in [-0.2, 0) is 0 Å². The van der Waals surface area contributed by atoms with Crippen molar-refractivity contribution < 1.29 is 10.0 Å². The number of allylic oxidation sites excluding steroid dienone is 4. The van der Waals surface area contributed by atoms with Crippen LogP contribution in [0.4, 0.5) is 4.79 Å². The van der Waals surface area contributed by atoms with Gasteiger partial charge in [0.25, 0.3) is 0 Å². The summed E-state index contributed by atoms with van der Waals surface area (Å²) in [5.41, 5.74) is 6.73. The number of dihydropyridines is 1. The van der Waals surface area contributed by atoms with Crippen LogP contribution in [0, 0.1) is 17.8 Å². The van der Waals surface area contributed by atoms with Gasteiger partial charge in [0.15, 0.2) is 0 Å². The fourth-order valence-corrected chi connectivity index (χ4v) is 4.48. The lowest BCUT2D eigenvalue weighted by molar-refractivity contribution is -0.0818. The fraction of sp³-hybridized carbons (Fsp3) is 0.714. The third-order valence-electron chi connectivity index (χ3n) is 6.82. The van der Waals surface area contributed by atoms with Crippen LogP contribution in [0.3, 0.4) is 0 Å². The van der Waals surface area contributed by atoms with E-state index < -0.39 is 6.03 Å². The Bertz CT molecular complexity index is 850. The predicted molar refractivity (Wildman–Crippen MR) is 148 cm³/mol. The number of rotatable bonds is 14. The van der Waals surface area contributed by atoms with Crippen molar-refractivity contribution in [2.24, 2.45) is 22.7 Å². The minimum Gasteiger partial charge on any atom is -0.379 e. The lowest BCUT2D eigenvalue weighted by Crippen LogP contribution is -2.48. The largest absolute Gasteiger partial charge is 0.379 e. The van der Waals surface area contributed by atoms with Crippen molar-refractivity contribution in [1.82, 2.24) is 26.5 Å². The molecule has 1 aliphatic carbocycles. The number of hydrogen-bond acceptors (Lipinski definition) is 6. The van der Waals surface area contributed by atoms with Gasteiger partial charge in [-0.05, 0) is 62.6 Å². The van der Waals surface area contributed by atoms with Crippen LogP contribution in [0.5, 0.6) is 0 Å². The maximum absolute atomic E-state index is 13.0. The zero-order chi connectivity index (χ0) is 26.8. The van der Waals surface area contributed by atoms with E-state index in [0.717, 1.165) is 53.0 Å². The first kappa shape index (κ1) is 29.9. The number of nitrogens with one attached hydrogen (secondary N) is 4. The van der Waals surface area contributed by atoms with Crippen molar-refractivity contribution in [3.63, 3.8) is 0 Å². The van der Waals surface area contributed by atoms with Crippen LogP contribution >= 0.6 is 0 Å². The van der Waals surface area contributed by atoms with Gasteiger partial charge < -0.3 is 16.0 Å². The van der Waals surface area contributed by atoms with E-state index in [-0.39, 0.29) is 23.9 Å². The second-order valence-electron chi connectivity index (χ2n) is 11.0. The Morgan fingerprint density at radius 3 is 2.47 bits per heavy atom. The van der Waals surface area contributed by atoms with Gasteiger partial charge in [0.2, 0.25) is 0 Å². The smallest absolute Gasteiger partial charge is 0.340 e. The Hall–Kier alpha value is -2.32. The number of hydrogen-bond donors (Lipinski definition) is 5. The molecule has 0 spiro atoms. The summed E-state index contributed by atoms with van der Waals surface area (Å²) in [5.74, 6) is 1.35. The summed E-state index contributed by atoms with van der Waals surface area (Å²) in [7, 11) is 1.93. The number of hydrazine groups is 1. The summed E-state index contributed by atoms with van der Waals surface area (Å²) in [5, 5.41) is 21.3. The van der Waals surface area contributed by atoms with Crippen LogP contribution in [0.15, 0.2) is 39.3 Å². The zero-order valence-corrected chi connectivity index (χ0v) is 23.7. The normalized spacial score (nSPS) is 18.9. The van der Waals surface area contributed by atoms with Gasteiger partial charge in [-0.1, -0.05) is 66.4 Å². The first-order chi connectivity index (χ1) is 17.1. The van der Waals surface area contributed by atoms with Gasteiger partial charge in [-0.2, -0.15) is 5.17 Å². The second kappa shape index (κ2) is 14.4. The summed E-state index contributed by atoms with van der Waals surface area (Å²) in [6, 6.07) is -0.136. The molecule has 8 nitrogen and oxygen atoms in total. The van der Waals surface area contributed by atoms with E-state index in [1.165, 1.54) is 25.7 Å². The Morgan fingerprint density at radius 1 is 1.25 bits per heavy atom. The van der Waals surface area contributed by atoms with E-state index in [0.29, 0.717) is 5.70 Å². The number of carbonyl (C=O) groups is 1. The molecule has 36 heavy (non-hydrogen) atoms. The minimum atomic E-state index is -0.505. The number of amides is 2. The average Bonchev–Trinajstić information content (AvgIpc) is 3.62. The molecule has 1 aliphatic heterocycles. The monoisotopic (exact) mass is 502 g/mol. The summed E-state index contributed by atoms with van der Waals surface area (Å²) in [6.07, 6.45) is 11.1. The van der Waals surface area contributed by atoms with Gasteiger partial charge in [-0.15, -0.1) is 0 Å². The molecule has 2 unspecified atom stereocenters. The molecule has 0 aromatic heterocycles. The lowest BCUT2D eigenvalue weighted by atomic mass is 9.90. The number of hydroxylamine groups is 1. The van der Waals surface area contributed by atoms with Crippen molar-refractivity contribution >= 4 is 12.2 Å². The third-order valence-corrected chi connectivity index (χ3v) is 6.82. The Balaban J connectivity index is 2.09. The van der Waals surface area contributed by atoms with E-state index in [2.05, 4.69) is 62.1 Å². The zero-order valence-electron chi connectivity index (χ0n) is 23.7. The number of urea groups is 1. The Labute approximate surface area is 218 Å². The molecular weight excluding hydrogens is 452 g/mol. The summed E-state index contributed by atoms with van der Waals surface area (Å²) < 4.78 is 0. The molecule has 0 aromatic rings. The van der Waals surface area contributed by atoms with Crippen LogP contribution in [0.2, 0.25) is 0 Å². The van der Waals surface area contributed by atoms with Crippen LogP contribution in [0.1, 0.15) is 87.0 Å². The average molecular weight is 503 g/mol. The predicted octanol–water partition coefficient (Wildman–Crippen LogP) is 5.26. The van der Waals surface area contributed by atoms with Gasteiger partial charge in [0.05, 0.1) is 11.7 Å². The van der Waals surface area contributed by atoms with Crippen molar-refractivity contribution in [1.29, 1.82) is 0 Å². The third kappa shape index (κ3) is 9.28. The molecule has 8 heteroatoms. The molecule has 2 amide bonds. The summed E-state index contributed by atoms with van der Waals surface area (Å²) >= 11 is 0. The van der Waals surface area contributed by atoms with E-state index in [9.17, 15) is 10.0 Å². The maximum Gasteiger partial charge on any atom is 0.340 e. The molecule has 2 rings (SSSR count). The van der Waals surface area contributed by atoms with E-state index in [1.54, 1.807) is 6.21 Å². The van der Waals surface area contributed by atoms with E-state index >= 15 is 0 Å². The number of aliphatic imine (C=N–C) groups is 1. The quantitative estimate of drug-likeness (QED) is 0.165. The maximum atomic E-state index is 13.0. The van der Waals surface area contributed by atoms with Gasteiger partial charge in [-0.3, -0.25) is 10.2 Å². The second-order valence-corrected chi connectivity index (χ2v) is 11.0. The highest BCUT2D eigenvalue weighted by atomic mass is 16.5. The number of carbonyl (C=O) groups excluding carboxylic acids is 1. The molecule has 2 atom stereocenters. The van der Waals surface area contributed by atoms with Crippen molar-refractivity contribution in [3.05, 3.63) is 34.3 Å². The highest BCUT2D eigenvalue weighted by Crippen LogP contribution is 2.34. The first-order valence-corrected chi connectivity index (χ1v) is 13.7. The van der Waals surface area contributed by atoms with Crippen LogP contribution in [-0.4, -0.2) is 48.3 Å². The summed E-state index contributed by atoms with van der Waals surface area (Å²) in [4.78, 5) is 17.7. The van der Waals surface area contributed by atoms with E-state index in [4.69, 9.17) is 4.99 Å². The van der Waals surface area contributed by atoms with Crippen LogP contribution < -0.4 is 21.4 Å². The van der Waals surface area contributed by atoms with E-state index in [1.807, 2.05) is 20.9 Å². The van der Waals surface area contributed by atoms with Crippen molar-refractivity contribution in [2.45, 2.75) is 99.1 Å². The number of likely N-dealkylation sites (N-methyl/N-ethyl adjacent to an activating group) is 1. The molecule has 0 bridgehead atoms. The standard InChI is InChI=1S/C28H50N6O2/c1-9-22(12-10-11-21-13-14-21)30-17-25(19(4)5)34(36)33-28(35)32-27-24(18(2)3)15-23(16-29-8)31-26(27)20(6)7/h15,17-18,20-23,29,31,36H,9-14,16H2,1-8H3,(H2,32,33,35). The molecule has 5 N–H and O–H groups in total. The van der Waals surface area contributed by atoms with Crippen molar-refractivity contribution in [3.8, 4) is 0 Å². The molecule has 0 aromatic carbocycles. The topological polar surface area (TPSA) is 101 Å². The number of nitrogens with zero attached hydrogens (tertiary/aromatic N) is 2. The minimum absolute atomic E-state index is 0.150. The molecular formula is C28H50N6O2. The summed E-state index contributed by atoms with van der Waals surface area (Å²) in [6.45, 7) is 15.2. The molecule has 0 saturated heterocycles. The Morgan fingerprint density at radius 2 is 1.94 bits per heavy atom. The first-order valence-electron chi connectivity index (χ1n) is 13.7. The lowest BCUT2D eigenvalue weighted by Gasteiger charge is -2.33. The molecule has 1 saturated carbocycles. The molecule has 204 valence electrons. The van der Waals surface area contributed by atoms with Gasteiger partial charge in [0, 0.05) is 24.5 Å². The highest BCUT2D eigenvalue weighted by molar-refractivity contribution is 5.81. The van der Waals surface area contributed by atoms with Gasteiger partial charge >= 0.3 is 6.03 Å². The molecule has 1 heterocycles. The molecule has 1 fully saturated rings. The highest BCUT2D eigenvalue weighted by Gasteiger charge is 2.26. The van der Waals surface area contributed by atoms with Crippen LogP contribution in [0.25, 0.3) is 0 Å². The van der Waals surface area contributed by atoms with Crippen molar-refractivity contribution in [2.75, 3.05) is 13.6 Å². The van der Waals surface area contributed by atoms with Gasteiger partial charge in [0.1, 0.15) is 5.70 Å². The molecule has 0 radical (unpaired) electrons. The fourth-order valence-electron chi connectivity index (χ4n) is 4.48. The Kier molecular flexibility index (Phi) is 12.0. The van der Waals surface area contributed by atoms with Gasteiger partial charge in [-0.25, -0.2) is 10.2 Å². The molecule has 2 aliphatic rings. The SMILES string of the molecule is CCC(CCCC1CC1)N=CC(=C(C)C)N(O)NC(=O)NC1=C(C(C)C)NC(CNC)C=C1C(C)C.